The number of aliphatic hydroxyl groups is 2. The van der Waals surface area contributed by atoms with Gasteiger partial charge >= 0.3 is 11.9 Å². The van der Waals surface area contributed by atoms with Gasteiger partial charge in [0.1, 0.15) is 23.7 Å². The average molecular weight is 588 g/mol. The highest BCUT2D eigenvalue weighted by molar-refractivity contribution is 6.31. The minimum Gasteiger partial charge on any atom is -0.484 e. The zero-order valence-electron chi connectivity index (χ0n) is 20.9. The lowest BCUT2D eigenvalue weighted by atomic mass is 10.2. The van der Waals surface area contributed by atoms with Crippen LogP contribution in [-0.2, 0) is 14.4 Å². The lowest BCUT2D eigenvalue weighted by Gasteiger charge is -2.11. The number of ether oxygens (including phenoxy) is 1. The van der Waals surface area contributed by atoms with Crippen molar-refractivity contribution in [2.24, 2.45) is 0 Å². The molecule has 4 aromatic rings. The summed E-state index contributed by atoms with van der Waals surface area (Å²) in [6.07, 6.45) is -3.12. The van der Waals surface area contributed by atoms with Crippen LogP contribution in [0.5, 0.6) is 5.75 Å². The summed E-state index contributed by atoms with van der Waals surface area (Å²) in [5.41, 5.74) is 8.05. The average Bonchev–Trinajstić information content (AvgIpc) is 2.94. The fraction of sp³-hybridized carbons (Fsp3) is 0.115. The first-order valence-corrected chi connectivity index (χ1v) is 11.9. The molecule has 3 aromatic carbocycles. The van der Waals surface area contributed by atoms with E-state index in [1.54, 1.807) is 48.5 Å². The molecule has 0 aliphatic carbocycles. The van der Waals surface area contributed by atoms with Crippen molar-refractivity contribution in [2.75, 3.05) is 23.0 Å². The van der Waals surface area contributed by atoms with Crippen molar-refractivity contribution in [3.63, 3.8) is 0 Å². The number of amides is 1. The number of para-hydroxylation sites is 2. The van der Waals surface area contributed by atoms with Crippen LogP contribution in [0.1, 0.15) is 0 Å². The summed E-state index contributed by atoms with van der Waals surface area (Å²) < 4.78 is 19.0. The van der Waals surface area contributed by atoms with Crippen LogP contribution in [0, 0.1) is 5.82 Å². The van der Waals surface area contributed by atoms with Crippen LogP contribution in [0.2, 0.25) is 5.02 Å². The number of rotatable bonds is 9. The molecule has 15 heteroatoms. The molecule has 2 unspecified atom stereocenters. The van der Waals surface area contributed by atoms with Crippen molar-refractivity contribution < 1.29 is 43.9 Å². The predicted octanol–water partition coefficient (Wildman–Crippen LogP) is 2.64. The van der Waals surface area contributed by atoms with Crippen LogP contribution in [-0.4, -0.2) is 67.1 Å². The number of benzene rings is 3. The van der Waals surface area contributed by atoms with E-state index in [0.29, 0.717) is 39.5 Å². The third kappa shape index (κ3) is 8.47. The summed E-state index contributed by atoms with van der Waals surface area (Å²) in [7, 11) is 0. The number of aromatic nitrogens is 2. The highest BCUT2D eigenvalue weighted by Gasteiger charge is 2.29. The molecule has 2 atom stereocenters. The van der Waals surface area contributed by atoms with Crippen LogP contribution in [0.4, 0.5) is 27.3 Å². The third-order valence-electron chi connectivity index (χ3n) is 5.20. The lowest BCUT2D eigenvalue weighted by Crippen LogP contribution is -2.39. The number of fused-ring (bicyclic) bond motifs is 1. The summed E-state index contributed by atoms with van der Waals surface area (Å²) in [5, 5.41) is 39.0. The summed E-state index contributed by atoms with van der Waals surface area (Å²) in [6.45, 7) is -0.205. The second kappa shape index (κ2) is 13.8. The largest absolute Gasteiger partial charge is 0.484 e. The quantitative estimate of drug-likeness (QED) is 0.141. The Balaban J connectivity index is 0.000000397. The summed E-state index contributed by atoms with van der Waals surface area (Å²) in [5.74, 6) is -3.45. The molecule has 0 bridgehead atoms. The van der Waals surface area contributed by atoms with E-state index in [1.165, 1.54) is 18.5 Å². The van der Waals surface area contributed by atoms with Gasteiger partial charge < -0.3 is 41.5 Å². The number of aliphatic carboxylic acids is 2. The molecule has 4 rings (SSSR count). The number of carbonyl (C=O) groups is 3. The van der Waals surface area contributed by atoms with E-state index in [4.69, 9.17) is 42.5 Å². The van der Waals surface area contributed by atoms with E-state index < -0.39 is 30.0 Å². The Hall–Kier alpha value is -5.05. The van der Waals surface area contributed by atoms with Gasteiger partial charge in [0, 0.05) is 11.1 Å². The van der Waals surface area contributed by atoms with Crippen molar-refractivity contribution in [1.29, 1.82) is 0 Å². The highest BCUT2D eigenvalue weighted by atomic mass is 35.5. The number of hydrogen-bond acceptors (Lipinski definition) is 10. The Kier molecular flexibility index (Phi) is 10.3. The Labute approximate surface area is 236 Å². The van der Waals surface area contributed by atoms with Crippen LogP contribution >= 0.6 is 11.6 Å². The van der Waals surface area contributed by atoms with E-state index in [2.05, 4.69) is 20.6 Å². The first kappa shape index (κ1) is 30.5. The molecule has 41 heavy (non-hydrogen) atoms. The van der Waals surface area contributed by atoms with Crippen LogP contribution < -0.4 is 21.1 Å². The molecule has 13 nitrogen and oxygen atoms in total. The maximum Gasteiger partial charge on any atom is 0.335 e. The first-order valence-electron chi connectivity index (χ1n) is 11.5. The molecule has 0 aliphatic heterocycles. The number of nitrogen functional groups attached to an aromatic ring is 1. The molecule has 0 aliphatic rings. The maximum absolute atomic E-state index is 13.4. The minimum absolute atomic E-state index is 0.00236. The third-order valence-corrected chi connectivity index (χ3v) is 5.49. The number of halogens is 2. The van der Waals surface area contributed by atoms with Gasteiger partial charge in [0.2, 0.25) is 0 Å². The van der Waals surface area contributed by atoms with Gasteiger partial charge in [-0.15, -0.1) is 0 Å². The van der Waals surface area contributed by atoms with E-state index in [9.17, 15) is 18.8 Å². The molecule has 0 saturated carbocycles. The van der Waals surface area contributed by atoms with Crippen molar-refractivity contribution >= 4 is 63.2 Å². The van der Waals surface area contributed by atoms with E-state index in [1.807, 2.05) is 0 Å². The normalized spacial score (nSPS) is 11.9. The van der Waals surface area contributed by atoms with E-state index in [-0.39, 0.29) is 17.5 Å². The number of carboxylic acids is 2. The Morgan fingerprint density at radius 2 is 1.66 bits per heavy atom. The fourth-order valence-corrected chi connectivity index (χ4v) is 3.33. The summed E-state index contributed by atoms with van der Waals surface area (Å²) >= 11 is 5.85. The number of carbonyl (C=O) groups excluding carboxylic acids is 1. The van der Waals surface area contributed by atoms with Crippen molar-refractivity contribution in [1.82, 2.24) is 9.97 Å². The second-order valence-electron chi connectivity index (χ2n) is 8.15. The molecular formula is C26H23ClFN5O8. The number of nitrogens with two attached hydrogens (primary N) is 1. The monoisotopic (exact) mass is 587 g/mol. The molecular weight excluding hydrogens is 565 g/mol. The zero-order valence-corrected chi connectivity index (χ0v) is 21.6. The number of hydrogen-bond donors (Lipinski definition) is 7. The molecule has 1 heterocycles. The minimum atomic E-state index is -2.27. The molecule has 8 N–H and O–H groups in total. The molecule has 214 valence electrons. The van der Waals surface area contributed by atoms with Crippen molar-refractivity contribution in [3.05, 3.63) is 77.8 Å². The fourth-order valence-electron chi connectivity index (χ4n) is 3.15. The van der Waals surface area contributed by atoms with Crippen molar-refractivity contribution in [3.8, 4) is 5.75 Å². The van der Waals surface area contributed by atoms with Crippen LogP contribution in [0.15, 0.2) is 67.0 Å². The molecule has 1 amide bonds. The number of carboxylic acid groups (broad SMARTS) is 2. The second-order valence-corrected chi connectivity index (χ2v) is 8.55. The number of nitrogens with one attached hydrogen (secondary N) is 2. The highest BCUT2D eigenvalue weighted by Crippen LogP contribution is 2.28. The SMILES string of the molecule is Nc1ccccc1NC(=O)COc1ccc2ncnc(Nc3ccc(F)c(Cl)c3)c2c1.O=C(O)C(O)C(O)C(=O)O. The Morgan fingerprint density at radius 3 is 2.29 bits per heavy atom. The van der Waals surface area contributed by atoms with Crippen molar-refractivity contribution in [2.45, 2.75) is 12.2 Å². The molecule has 0 fully saturated rings. The van der Waals surface area contributed by atoms with Gasteiger partial charge in [0.15, 0.2) is 18.8 Å². The number of anilines is 4. The maximum atomic E-state index is 13.4. The standard InChI is InChI=1S/C22H17ClFN5O2.C4H6O6/c23-16-9-13(5-7-17(16)24)28-22-15-10-14(6-8-19(15)26-12-27-22)31-11-21(30)29-20-4-2-1-3-18(20)25;5-1(3(7)8)2(6)4(9)10/h1-10,12H,11,25H2,(H,29,30)(H,26,27,28);1-2,5-6H,(H,7,8)(H,9,10). The van der Waals surface area contributed by atoms with Crippen LogP contribution in [0.25, 0.3) is 10.9 Å². The molecule has 1 aromatic heterocycles. The summed E-state index contributed by atoms with van der Waals surface area (Å²) in [6, 6.07) is 16.4. The zero-order chi connectivity index (χ0) is 30.1. The van der Waals surface area contributed by atoms with Gasteiger partial charge in [-0.1, -0.05) is 23.7 Å². The summed E-state index contributed by atoms with van der Waals surface area (Å²) in [4.78, 5) is 40.2. The first-order chi connectivity index (χ1) is 19.5. The molecule has 0 spiro atoms. The number of nitrogens with zero attached hydrogens (tertiary/aromatic N) is 2. The lowest BCUT2D eigenvalue weighted by molar-refractivity contribution is -0.165. The van der Waals surface area contributed by atoms with Gasteiger partial charge in [-0.2, -0.15) is 0 Å². The van der Waals surface area contributed by atoms with Gasteiger partial charge in [-0.25, -0.2) is 23.9 Å². The topological polar surface area (TPSA) is 217 Å². The van der Waals surface area contributed by atoms with E-state index in [0.717, 1.165) is 0 Å². The van der Waals surface area contributed by atoms with Gasteiger partial charge in [-0.05, 0) is 48.5 Å². The number of aliphatic hydroxyl groups excluding tert-OH is 2. The molecule has 0 saturated heterocycles. The Morgan fingerprint density at radius 1 is 0.976 bits per heavy atom. The van der Waals surface area contributed by atoms with Gasteiger partial charge in [0.25, 0.3) is 5.91 Å². The van der Waals surface area contributed by atoms with Crippen LogP contribution in [0.3, 0.4) is 0 Å². The molecule has 0 radical (unpaired) electrons. The Bertz CT molecular complexity index is 1560. The van der Waals surface area contributed by atoms with Gasteiger partial charge in [0.05, 0.1) is 21.9 Å². The van der Waals surface area contributed by atoms with E-state index >= 15 is 0 Å². The van der Waals surface area contributed by atoms with Gasteiger partial charge in [-0.3, -0.25) is 4.79 Å². The predicted molar refractivity (Wildman–Crippen MR) is 146 cm³/mol. The smallest absolute Gasteiger partial charge is 0.335 e.